The van der Waals surface area contributed by atoms with Gasteiger partial charge in [-0.3, -0.25) is 4.79 Å². The molecule has 10 heavy (non-hydrogen) atoms. The summed E-state index contributed by atoms with van der Waals surface area (Å²) >= 11 is 5.43. The first-order valence-electron chi connectivity index (χ1n) is 2.53. The van der Waals surface area contributed by atoms with Gasteiger partial charge >= 0.3 is 0 Å². The smallest absolute Gasteiger partial charge is 0.201 e. The van der Waals surface area contributed by atoms with Crippen LogP contribution in [0.3, 0.4) is 0 Å². The highest BCUT2D eigenvalue weighted by molar-refractivity contribution is 6.31. The van der Waals surface area contributed by atoms with Crippen LogP contribution in [0.25, 0.3) is 0 Å². The van der Waals surface area contributed by atoms with Crippen molar-refractivity contribution in [3.8, 4) is 6.07 Å². The molecule has 50 valence electrons. The van der Waals surface area contributed by atoms with Crippen molar-refractivity contribution in [3.05, 3.63) is 33.2 Å². The summed E-state index contributed by atoms with van der Waals surface area (Å²) in [4.78, 5) is 13.2. The molecule has 0 amide bonds. The Balaban J connectivity index is 3.46. The molecule has 0 fully saturated rings. The van der Waals surface area contributed by atoms with Crippen molar-refractivity contribution in [2.45, 2.75) is 0 Å². The Morgan fingerprint density at radius 1 is 1.70 bits per heavy atom. The fourth-order valence-corrected chi connectivity index (χ4v) is 0.702. The normalized spacial score (nSPS) is 8.80. The number of halogens is 1. The zero-order valence-corrected chi connectivity index (χ0v) is 5.64. The first-order valence-corrected chi connectivity index (χ1v) is 2.91. The number of hydrogen-bond donors (Lipinski definition) is 1. The van der Waals surface area contributed by atoms with Gasteiger partial charge in [0, 0.05) is 12.3 Å². The van der Waals surface area contributed by atoms with E-state index in [4.69, 9.17) is 16.9 Å². The van der Waals surface area contributed by atoms with E-state index in [-0.39, 0.29) is 16.1 Å². The quantitative estimate of drug-likeness (QED) is 0.604. The number of rotatable bonds is 0. The number of nitriles is 1. The topological polar surface area (TPSA) is 56.6 Å². The Morgan fingerprint density at radius 3 is 2.90 bits per heavy atom. The highest BCUT2D eigenvalue weighted by Crippen LogP contribution is 2.03. The van der Waals surface area contributed by atoms with Crippen molar-refractivity contribution in [3.63, 3.8) is 0 Å². The van der Waals surface area contributed by atoms with Crippen LogP contribution in [0.2, 0.25) is 5.02 Å². The first-order chi connectivity index (χ1) is 4.75. The number of pyridine rings is 1. The average molecular weight is 155 g/mol. The van der Waals surface area contributed by atoms with Gasteiger partial charge in [-0.2, -0.15) is 5.26 Å². The van der Waals surface area contributed by atoms with Gasteiger partial charge in [0.1, 0.15) is 16.8 Å². The maximum absolute atomic E-state index is 10.7. The van der Waals surface area contributed by atoms with Gasteiger partial charge in [0.15, 0.2) is 0 Å². The molecule has 0 atom stereocenters. The van der Waals surface area contributed by atoms with Crippen molar-refractivity contribution in [1.29, 1.82) is 5.26 Å². The third-order valence-corrected chi connectivity index (χ3v) is 1.39. The van der Waals surface area contributed by atoms with Crippen LogP contribution in [0.15, 0.2) is 17.1 Å². The van der Waals surface area contributed by atoms with Gasteiger partial charge < -0.3 is 4.98 Å². The molecule has 0 saturated heterocycles. The molecule has 0 aliphatic carbocycles. The summed E-state index contributed by atoms with van der Waals surface area (Å²) in [6.45, 7) is 0. The summed E-state index contributed by atoms with van der Waals surface area (Å²) in [5.41, 5.74) is -0.230. The first kappa shape index (κ1) is 6.84. The Morgan fingerprint density at radius 2 is 2.40 bits per heavy atom. The monoisotopic (exact) mass is 154 g/mol. The molecule has 0 unspecified atom stereocenters. The highest BCUT2D eigenvalue weighted by Gasteiger charge is 2.00. The number of nitrogens with one attached hydrogen (secondary N) is 1. The van der Waals surface area contributed by atoms with Crippen LogP contribution in [-0.2, 0) is 0 Å². The van der Waals surface area contributed by atoms with Gasteiger partial charge in [-0.25, -0.2) is 0 Å². The summed E-state index contributed by atoms with van der Waals surface area (Å²) in [6.07, 6.45) is 1.38. The molecule has 0 spiro atoms. The molecule has 0 aliphatic heterocycles. The van der Waals surface area contributed by atoms with Crippen molar-refractivity contribution in [2.24, 2.45) is 0 Å². The maximum atomic E-state index is 10.7. The standard InChI is InChI=1S/C6H3ClN2O/c7-6-4(3-8)9-2-1-5(6)10/h1-2H,(H,9,10). The highest BCUT2D eigenvalue weighted by atomic mass is 35.5. The maximum Gasteiger partial charge on any atom is 0.201 e. The van der Waals surface area contributed by atoms with Crippen molar-refractivity contribution in [2.75, 3.05) is 0 Å². The Labute approximate surface area is 61.9 Å². The van der Waals surface area contributed by atoms with Gasteiger partial charge in [0.2, 0.25) is 5.43 Å². The molecule has 0 bridgehead atoms. The molecule has 4 heteroatoms. The number of nitrogens with zero attached hydrogens (tertiary/aromatic N) is 1. The molecule has 0 aliphatic rings. The van der Waals surface area contributed by atoms with Crippen LogP contribution < -0.4 is 5.43 Å². The van der Waals surface area contributed by atoms with Crippen molar-refractivity contribution < 1.29 is 0 Å². The van der Waals surface area contributed by atoms with E-state index in [0.29, 0.717) is 0 Å². The largest absolute Gasteiger partial charge is 0.352 e. The lowest BCUT2D eigenvalue weighted by molar-refractivity contribution is 1.24. The molecule has 1 aromatic heterocycles. The molecule has 0 radical (unpaired) electrons. The number of H-pyrrole nitrogens is 1. The number of aromatic amines is 1. The minimum absolute atomic E-state index is 0.0509. The number of hydrogen-bond acceptors (Lipinski definition) is 2. The van der Waals surface area contributed by atoms with Gasteiger partial charge in [-0.15, -0.1) is 0 Å². The van der Waals surface area contributed by atoms with E-state index in [9.17, 15) is 4.79 Å². The van der Waals surface area contributed by atoms with Crippen molar-refractivity contribution in [1.82, 2.24) is 4.98 Å². The Bertz CT molecular complexity index is 336. The summed E-state index contributed by atoms with van der Waals surface area (Å²) in [5, 5.41) is 8.29. The SMILES string of the molecule is N#Cc1[nH]ccc(=O)c1Cl. The van der Waals surface area contributed by atoms with Crippen molar-refractivity contribution >= 4 is 11.6 Å². The molecular formula is C6H3ClN2O. The minimum atomic E-state index is -0.336. The lowest BCUT2D eigenvalue weighted by Crippen LogP contribution is -2.02. The van der Waals surface area contributed by atoms with E-state index in [2.05, 4.69) is 4.98 Å². The zero-order chi connectivity index (χ0) is 7.56. The summed E-state index contributed by atoms with van der Waals surface area (Å²) in [5.74, 6) is 0. The van der Waals surface area contributed by atoms with Gasteiger partial charge in [0.25, 0.3) is 0 Å². The van der Waals surface area contributed by atoms with Gasteiger partial charge in [-0.1, -0.05) is 11.6 Å². The van der Waals surface area contributed by atoms with E-state index < -0.39 is 0 Å². The van der Waals surface area contributed by atoms with Crippen LogP contribution in [0, 0.1) is 11.3 Å². The second-order valence-electron chi connectivity index (χ2n) is 1.64. The molecular weight excluding hydrogens is 152 g/mol. The molecule has 1 rings (SSSR count). The van der Waals surface area contributed by atoms with E-state index in [0.717, 1.165) is 0 Å². The van der Waals surface area contributed by atoms with Crippen LogP contribution in [0.5, 0.6) is 0 Å². The third-order valence-electron chi connectivity index (χ3n) is 1.01. The lowest BCUT2D eigenvalue weighted by Gasteiger charge is -1.89. The second kappa shape index (κ2) is 2.54. The molecule has 0 aromatic carbocycles. The van der Waals surface area contributed by atoms with Crippen LogP contribution in [0.1, 0.15) is 5.69 Å². The van der Waals surface area contributed by atoms with Crippen LogP contribution in [0.4, 0.5) is 0 Å². The zero-order valence-electron chi connectivity index (χ0n) is 4.89. The van der Waals surface area contributed by atoms with E-state index in [1.165, 1.54) is 12.3 Å². The summed E-state index contributed by atoms with van der Waals surface area (Å²) in [7, 11) is 0. The third kappa shape index (κ3) is 1.02. The lowest BCUT2D eigenvalue weighted by atomic mass is 10.4. The molecule has 1 aromatic rings. The summed E-state index contributed by atoms with van der Waals surface area (Å²) in [6, 6.07) is 3.02. The van der Waals surface area contributed by atoms with Crippen LogP contribution >= 0.6 is 11.6 Å². The fourth-order valence-electron chi connectivity index (χ4n) is 0.542. The number of aromatic nitrogens is 1. The van der Waals surface area contributed by atoms with E-state index in [1.54, 1.807) is 6.07 Å². The Hall–Kier alpha value is -1.27. The minimum Gasteiger partial charge on any atom is -0.352 e. The predicted molar refractivity (Wildman–Crippen MR) is 36.8 cm³/mol. The van der Waals surface area contributed by atoms with Crippen LogP contribution in [-0.4, -0.2) is 4.98 Å². The molecule has 3 nitrogen and oxygen atoms in total. The summed E-state index contributed by atoms with van der Waals surface area (Å²) < 4.78 is 0. The molecule has 1 heterocycles. The fraction of sp³-hybridized carbons (Fsp3) is 0. The molecule has 0 saturated carbocycles. The van der Waals surface area contributed by atoms with E-state index >= 15 is 0 Å². The van der Waals surface area contributed by atoms with Gasteiger partial charge in [0.05, 0.1) is 0 Å². The molecule has 1 N–H and O–H groups in total. The predicted octanol–water partition coefficient (Wildman–Crippen LogP) is 0.900. The average Bonchev–Trinajstić information content (AvgIpc) is 1.95. The second-order valence-corrected chi connectivity index (χ2v) is 2.02. The van der Waals surface area contributed by atoms with Gasteiger partial charge in [-0.05, 0) is 0 Å². The Kier molecular flexibility index (Phi) is 1.74. The van der Waals surface area contributed by atoms with E-state index in [1.807, 2.05) is 0 Å².